The highest BCUT2D eigenvalue weighted by Crippen LogP contribution is 2.19. The van der Waals surface area contributed by atoms with Crippen molar-refractivity contribution in [2.24, 2.45) is 15.9 Å². The van der Waals surface area contributed by atoms with Crippen LogP contribution < -0.4 is 16.8 Å². The number of guanidine groups is 1. The molecule has 0 aromatic heterocycles. The molecule has 2 unspecified atom stereocenters. The molecular formula is C44H83N5O4S. The van der Waals surface area contributed by atoms with Crippen LogP contribution in [0.2, 0.25) is 0 Å². The smallest absolute Gasteiger partial charge is 0.237 e. The molecule has 0 saturated heterocycles. The van der Waals surface area contributed by atoms with Gasteiger partial charge in [-0.1, -0.05) is 173 Å². The van der Waals surface area contributed by atoms with E-state index < -0.39 is 6.04 Å². The number of nitrogens with two attached hydrogens (primary N) is 2. The van der Waals surface area contributed by atoms with Crippen molar-refractivity contribution in [3.63, 3.8) is 0 Å². The molecule has 2 atom stereocenters. The molecule has 6 N–H and O–H groups in total. The Kier molecular flexibility index (Phi) is 34.2. The van der Waals surface area contributed by atoms with E-state index in [0.29, 0.717) is 32.6 Å². The number of carbonyl (C=O) groups is 1. The maximum Gasteiger partial charge on any atom is 0.237 e. The van der Waals surface area contributed by atoms with E-state index in [1.54, 1.807) is 0 Å². The number of nitrogens with zero attached hydrogens (tertiary/aromatic N) is 2. The van der Waals surface area contributed by atoms with Crippen molar-refractivity contribution in [1.82, 2.24) is 10.4 Å². The number of rotatable bonds is 38. The minimum Gasteiger partial charge on any atom is -0.379 e. The average Bonchev–Trinajstić information content (AvgIpc) is 3.17. The number of ether oxygens (including phenoxy) is 2. The van der Waals surface area contributed by atoms with Gasteiger partial charge in [0, 0.05) is 43.1 Å². The summed E-state index contributed by atoms with van der Waals surface area (Å²) in [5.74, 6) is -0.216. The molecule has 314 valence electrons. The third-order valence-corrected chi connectivity index (χ3v) is 10.8. The second-order valence-electron chi connectivity index (χ2n) is 15.3. The van der Waals surface area contributed by atoms with Gasteiger partial charge in [-0.25, -0.2) is 5.06 Å². The first kappa shape index (κ1) is 50.2. The van der Waals surface area contributed by atoms with E-state index >= 15 is 0 Å². The van der Waals surface area contributed by atoms with E-state index in [9.17, 15) is 10.0 Å². The van der Waals surface area contributed by atoms with Gasteiger partial charge in [-0.05, 0) is 44.7 Å². The molecule has 1 amide bonds. The Morgan fingerprint density at radius 2 is 1.20 bits per heavy atom. The summed E-state index contributed by atoms with van der Waals surface area (Å²) in [7, 11) is 0. The quantitative estimate of drug-likeness (QED) is 0.0171. The summed E-state index contributed by atoms with van der Waals surface area (Å²) in [4.78, 5) is 13.8. The van der Waals surface area contributed by atoms with Gasteiger partial charge in [-0.15, -0.1) is 0 Å². The zero-order valence-electron chi connectivity index (χ0n) is 35.0. The molecule has 9 nitrogen and oxygen atoms in total. The second kappa shape index (κ2) is 36.8. The molecule has 0 aliphatic heterocycles. The van der Waals surface area contributed by atoms with Gasteiger partial charge in [0.2, 0.25) is 11.9 Å². The van der Waals surface area contributed by atoms with Crippen molar-refractivity contribution in [2.45, 2.75) is 205 Å². The average molecular weight is 778 g/mol. The number of hydrogen-bond acceptors (Lipinski definition) is 7. The Labute approximate surface area is 336 Å². The van der Waals surface area contributed by atoms with Gasteiger partial charge in [0.15, 0.2) is 0 Å². The highest BCUT2D eigenvalue weighted by atomic mass is 32.2. The number of unbranched alkanes of at least 4 members (excludes halogenated alkanes) is 22. The van der Waals surface area contributed by atoms with Crippen molar-refractivity contribution in [3.05, 3.63) is 29.8 Å². The van der Waals surface area contributed by atoms with E-state index in [-0.39, 0.29) is 24.5 Å². The van der Waals surface area contributed by atoms with Gasteiger partial charge in [0.1, 0.15) is 0 Å². The van der Waals surface area contributed by atoms with Crippen LogP contribution in [0.25, 0.3) is 0 Å². The topological polar surface area (TPSA) is 135 Å². The Morgan fingerprint density at radius 1 is 0.741 bits per heavy atom. The Hall–Kier alpha value is -1.85. The van der Waals surface area contributed by atoms with Gasteiger partial charge in [0.05, 0.1) is 18.8 Å². The zero-order chi connectivity index (χ0) is 39.3. The lowest BCUT2D eigenvalue weighted by Crippen LogP contribution is -2.45. The highest BCUT2D eigenvalue weighted by Gasteiger charge is 2.17. The van der Waals surface area contributed by atoms with Gasteiger partial charge in [0.25, 0.3) is 0 Å². The predicted octanol–water partition coefficient (Wildman–Crippen LogP) is 11.0. The van der Waals surface area contributed by atoms with Gasteiger partial charge in [-0.3, -0.25) is 10.0 Å². The van der Waals surface area contributed by atoms with Crippen LogP contribution in [0.15, 0.2) is 33.6 Å². The van der Waals surface area contributed by atoms with E-state index in [1.807, 2.05) is 31.2 Å². The fourth-order valence-electron chi connectivity index (χ4n) is 6.42. The Bertz CT molecular complexity index is 1020. The summed E-state index contributed by atoms with van der Waals surface area (Å²) in [6, 6.07) is 7.21. The molecule has 0 fully saturated rings. The zero-order valence-corrected chi connectivity index (χ0v) is 35.8. The number of hydroxylamine groups is 2. The third-order valence-electron chi connectivity index (χ3n) is 10.1. The molecule has 0 heterocycles. The fraction of sp³-hybridized carbons (Fsp3) is 0.818. The monoisotopic (exact) mass is 778 g/mol. The summed E-state index contributed by atoms with van der Waals surface area (Å²) >= 11 is 1.20. The molecule has 0 radical (unpaired) electrons. The first-order chi connectivity index (χ1) is 26.4. The number of aryl methyl sites for hydroxylation is 1. The van der Waals surface area contributed by atoms with E-state index in [4.69, 9.17) is 20.9 Å². The molecule has 0 saturated carbocycles. The van der Waals surface area contributed by atoms with Crippen molar-refractivity contribution in [2.75, 3.05) is 32.9 Å². The first-order valence-electron chi connectivity index (χ1n) is 22.1. The minimum absolute atomic E-state index is 0.00949. The number of benzene rings is 1. The van der Waals surface area contributed by atoms with Crippen molar-refractivity contribution >= 4 is 23.8 Å². The highest BCUT2D eigenvalue weighted by molar-refractivity contribution is 7.98. The van der Waals surface area contributed by atoms with E-state index in [0.717, 1.165) is 35.0 Å². The lowest BCUT2D eigenvalue weighted by Gasteiger charge is -2.21. The molecule has 0 aliphatic carbocycles. The number of amides is 1. The van der Waals surface area contributed by atoms with Crippen molar-refractivity contribution < 1.29 is 19.5 Å². The van der Waals surface area contributed by atoms with Crippen LogP contribution in [-0.2, 0) is 14.3 Å². The molecule has 0 bridgehead atoms. The molecule has 0 aliphatic rings. The fourth-order valence-corrected chi connectivity index (χ4v) is 6.97. The van der Waals surface area contributed by atoms with Gasteiger partial charge >= 0.3 is 0 Å². The number of nitrogens with one attached hydrogen (secondary N) is 1. The molecular weight excluding hydrogens is 695 g/mol. The minimum atomic E-state index is -0.697. The van der Waals surface area contributed by atoms with E-state index in [2.05, 4.69) is 23.6 Å². The molecule has 0 spiro atoms. The standard InChI is InChI=1S/C44H83N5O4S/c1-4-6-8-10-12-14-16-18-20-22-24-26-35-52-38-40(53-36-27-25-23-21-19-17-15-13-11-9-7-5-2)37-47-43(50)42(45)29-28-34-49(51)44(46)48-54-41-32-30-39(3)31-33-41/h30-33,40,42,51H,4-29,34-38,45H2,1-3H3,(H2,46,48)(H,47,50). The summed E-state index contributed by atoms with van der Waals surface area (Å²) in [6.45, 7) is 9.01. The third kappa shape index (κ3) is 30.4. The SMILES string of the molecule is CCCCCCCCCCCCCCOCC(CNC(=O)C(N)CCCN(O)C(N)=NSc1ccc(C)cc1)OCCCCCCCCCCCCCC. The summed E-state index contributed by atoms with van der Waals surface area (Å²) < 4.78 is 16.5. The Morgan fingerprint density at radius 3 is 1.70 bits per heavy atom. The van der Waals surface area contributed by atoms with Crippen LogP contribution in [0.4, 0.5) is 0 Å². The lowest BCUT2D eigenvalue weighted by atomic mass is 10.1. The van der Waals surface area contributed by atoms with Crippen LogP contribution in [0.3, 0.4) is 0 Å². The van der Waals surface area contributed by atoms with Crippen molar-refractivity contribution in [1.29, 1.82) is 0 Å². The lowest BCUT2D eigenvalue weighted by molar-refractivity contribution is -0.123. The predicted molar refractivity (Wildman–Crippen MR) is 230 cm³/mol. The largest absolute Gasteiger partial charge is 0.379 e. The molecule has 10 heteroatoms. The Balaban J connectivity index is 2.33. The van der Waals surface area contributed by atoms with E-state index in [1.165, 1.54) is 153 Å². The second-order valence-corrected chi connectivity index (χ2v) is 16.2. The molecule has 1 aromatic rings. The van der Waals surface area contributed by atoms with Crippen LogP contribution in [0.1, 0.15) is 186 Å². The van der Waals surface area contributed by atoms with Crippen LogP contribution >= 0.6 is 11.9 Å². The van der Waals surface area contributed by atoms with Crippen molar-refractivity contribution in [3.8, 4) is 0 Å². The van der Waals surface area contributed by atoms with Crippen LogP contribution in [0.5, 0.6) is 0 Å². The summed E-state index contributed by atoms with van der Waals surface area (Å²) in [6.07, 6.45) is 32.2. The number of carbonyl (C=O) groups excluding carboxylic acids is 1. The first-order valence-corrected chi connectivity index (χ1v) is 22.9. The van der Waals surface area contributed by atoms with Gasteiger partial charge in [-0.2, -0.15) is 4.40 Å². The molecule has 1 rings (SSSR count). The molecule has 1 aromatic carbocycles. The maximum absolute atomic E-state index is 12.9. The summed E-state index contributed by atoms with van der Waals surface area (Å²) in [5.41, 5.74) is 13.3. The molecule has 54 heavy (non-hydrogen) atoms. The van der Waals surface area contributed by atoms with Crippen LogP contribution in [-0.4, -0.2) is 67.2 Å². The summed E-state index contributed by atoms with van der Waals surface area (Å²) in [5, 5.41) is 14.2. The van der Waals surface area contributed by atoms with Gasteiger partial charge < -0.3 is 26.3 Å². The number of hydrogen-bond donors (Lipinski definition) is 4. The normalized spacial score (nSPS) is 12.9. The maximum atomic E-state index is 12.9. The van der Waals surface area contributed by atoms with Crippen LogP contribution in [0, 0.1) is 6.92 Å².